The third-order valence-electron chi connectivity index (χ3n) is 2.88. The number of hydrogen-bond donors (Lipinski definition) is 1. The number of nitrogens with one attached hydrogen (secondary N) is 1. The highest BCUT2D eigenvalue weighted by Crippen LogP contribution is 2.18. The highest BCUT2D eigenvalue weighted by Gasteiger charge is 2.07. The molecule has 0 fully saturated rings. The third kappa shape index (κ3) is 3.31. The number of carbonyl (C=O) groups is 1. The van der Waals surface area contributed by atoms with Gasteiger partial charge >= 0.3 is 5.97 Å². The summed E-state index contributed by atoms with van der Waals surface area (Å²) in [4.78, 5) is 15.4. The maximum atomic E-state index is 11.4. The molecule has 0 saturated heterocycles. The van der Waals surface area contributed by atoms with Gasteiger partial charge in [-0.2, -0.15) is 0 Å². The Labute approximate surface area is 112 Å². The van der Waals surface area contributed by atoms with Crippen LogP contribution in [0.5, 0.6) is 0 Å². The molecule has 1 N–H and O–H groups in total. The number of benzene rings is 1. The van der Waals surface area contributed by atoms with Gasteiger partial charge in [-0.3, -0.25) is 4.98 Å². The van der Waals surface area contributed by atoms with Crippen LogP contribution in [0.1, 0.15) is 21.5 Å². The van der Waals surface area contributed by atoms with Crippen molar-refractivity contribution in [2.24, 2.45) is 0 Å². The Kier molecular flexibility index (Phi) is 4.13. The van der Waals surface area contributed by atoms with Crippen molar-refractivity contribution in [1.82, 2.24) is 4.98 Å². The second kappa shape index (κ2) is 6.00. The summed E-state index contributed by atoms with van der Waals surface area (Å²) in [5, 5.41) is 3.33. The summed E-state index contributed by atoms with van der Waals surface area (Å²) in [6.45, 7) is 2.68. The van der Waals surface area contributed by atoms with Gasteiger partial charge in [-0.15, -0.1) is 0 Å². The zero-order valence-electron chi connectivity index (χ0n) is 11.0. The number of anilines is 1. The maximum Gasteiger partial charge on any atom is 0.337 e. The van der Waals surface area contributed by atoms with Crippen LogP contribution >= 0.6 is 0 Å². The van der Waals surface area contributed by atoms with Crippen LogP contribution in [0.15, 0.2) is 42.7 Å². The van der Waals surface area contributed by atoms with Gasteiger partial charge in [-0.05, 0) is 48.4 Å². The fraction of sp³-hybridized carbons (Fsp3) is 0.200. The Morgan fingerprint density at radius 2 is 2.00 bits per heavy atom. The van der Waals surface area contributed by atoms with Crippen LogP contribution in [0.3, 0.4) is 0 Å². The lowest BCUT2D eigenvalue weighted by atomic mass is 10.1. The molecule has 0 spiro atoms. The highest BCUT2D eigenvalue weighted by molar-refractivity contribution is 5.90. The first kappa shape index (κ1) is 13.1. The molecule has 1 heterocycles. The average molecular weight is 256 g/mol. The first-order valence-electron chi connectivity index (χ1n) is 6.02. The molecule has 2 aromatic rings. The second-order valence-corrected chi connectivity index (χ2v) is 4.23. The molecule has 1 aromatic heterocycles. The van der Waals surface area contributed by atoms with Crippen LogP contribution in [0.25, 0.3) is 0 Å². The number of esters is 1. The van der Waals surface area contributed by atoms with Crippen molar-refractivity contribution in [2.75, 3.05) is 12.4 Å². The summed E-state index contributed by atoms with van der Waals surface area (Å²) >= 11 is 0. The molecule has 98 valence electrons. The molecule has 0 unspecified atom stereocenters. The molecule has 0 bridgehead atoms. The van der Waals surface area contributed by atoms with Crippen molar-refractivity contribution in [3.8, 4) is 0 Å². The molecule has 0 aliphatic carbocycles. The average Bonchev–Trinajstić information content (AvgIpc) is 2.46. The van der Waals surface area contributed by atoms with E-state index in [-0.39, 0.29) is 5.97 Å². The van der Waals surface area contributed by atoms with Crippen LogP contribution < -0.4 is 5.32 Å². The summed E-state index contributed by atoms with van der Waals surface area (Å²) in [7, 11) is 1.38. The molecule has 0 saturated carbocycles. The molecular weight excluding hydrogens is 240 g/mol. The van der Waals surface area contributed by atoms with Gasteiger partial charge in [0.1, 0.15) is 0 Å². The van der Waals surface area contributed by atoms with Gasteiger partial charge in [0, 0.05) is 24.6 Å². The van der Waals surface area contributed by atoms with Crippen molar-refractivity contribution in [2.45, 2.75) is 13.5 Å². The largest absolute Gasteiger partial charge is 0.465 e. The lowest BCUT2D eigenvalue weighted by Crippen LogP contribution is -2.04. The molecule has 0 atom stereocenters. The van der Waals surface area contributed by atoms with E-state index < -0.39 is 0 Å². The van der Waals surface area contributed by atoms with E-state index in [9.17, 15) is 4.79 Å². The topological polar surface area (TPSA) is 51.2 Å². The minimum absolute atomic E-state index is 0.316. The lowest BCUT2D eigenvalue weighted by molar-refractivity contribution is 0.0600. The van der Waals surface area contributed by atoms with E-state index in [0.717, 1.165) is 23.4 Å². The van der Waals surface area contributed by atoms with Gasteiger partial charge in [0.2, 0.25) is 0 Å². The SMILES string of the molecule is COC(=O)c1ccc(NCc2ccncc2)c(C)c1. The maximum absolute atomic E-state index is 11.4. The monoisotopic (exact) mass is 256 g/mol. The zero-order valence-corrected chi connectivity index (χ0v) is 11.0. The molecule has 0 radical (unpaired) electrons. The Morgan fingerprint density at radius 3 is 2.63 bits per heavy atom. The number of aryl methyl sites for hydroxylation is 1. The van der Waals surface area contributed by atoms with E-state index in [1.807, 2.05) is 31.2 Å². The first-order valence-corrected chi connectivity index (χ1v) is 6.02. The minimum Gasteiger partial charge on any atom is -0.465 e. The standard InChI is InChI=1S/C15H16N2O2/c1-11-9-13(15(18)19-2)3-4-14(11)17-10-12-5-7-16-8-6-12/h3-9,17H,10H2,1-2H3. The molecule has 4 heteroatoms. The van der Waals surface area contributed by atoms with E-state index in [4.69, 9.17) is 4.74 Å². The predicted octanol–water partition coefficient (Wildman–Crippen LogP) is 2.79. The van der Waals surface area contributed by atoms with E-state index in [2.05, 4.69) is 10.3 Å². The third-order valence-corrected chi connectivity index (χ3v) is 2.88. The normalized spacial score (nSPS) is 10.0. The number of hydrogen-bond acceptors (Lipinski definition) is 4. The van der Waals surface area contributed by atoms with E-state index in [0.29, 0.717) is 5.56 Å². The second-order valence-electron chi connectivity index (χ2n) is 4.23. The van der Waals surface area contributed by atoms with Gasteiger partial charge in [0.15, 0.2) is 0 Å². The number of carbonyl (C=O) groups excluding carboxylic acids is 1. The van der Waals surface area contributed by atoms with E-state index in [1.54, 1.807) is 18.5 Å². The van der Waals surface area contributed by atoms with Gasteiger partial charge in [-0.25, -0.2) is 4.79 Å². The molecule has 4 nitrogen and oxygen atoms in total. The number of methoxy groups -OCH3 is 1. The number of pyridine rings is 1. The predicted molar refractivity (Wildman–Crippen MR) is 74.1 cm³/mol. The van der Waals surface area contributed by atoms with Crippen molar-refractivity contribution in [3.05, 3.63) is 59.4 Å². The van der Waals surface area contributed by atoms with Crippen molar-refractivity contribution >= 4 is 11.7 Å². The van der Waals surface area contributed by atoms with Crippen LogP contribution in [0.4, 0.5) is 5.69 Å². The van der Waals surface area contributed by atoms with Gasteiger partial charge < -0.3 is 10.1 Å². The molecule has 0 aliphatic heterocycles. The van der Waals surface area contributed by atoms with Gasteiger partial charge in [0.25, 0.3) is 0 Å². The molecular formula is C15H16N2O2. The summed E-state index contributed by atoms with van der Waals surface area (Å²) in [5.74, 6) is -0.316. The minimum atomic E-state index is -0.316. The van der Waals surface area contributed by atoms with Crippen LogP contribution in [0, 0.1) is 6.92 Å². The molecule has 0 aliphatic rings. The summed E-state index contributed by atoms with van der Waals surface area (Å²) in [6.07, 6.45) is 3.54. The summed E-state index contributed by atoms with van der Waals surface area (Å²) in [6, 6.07) is 9.40. The quantitative estimate of drug-likeness (QED) is 0.855. The fourth-order valence-electron chi connectivity index (χ4n) is 1.80. The molecule has 1 aromatic carbocycles. The van der Waals surface area contributed by atoms with E-state index >= 15 is 0 Å². The fourth-order valence-corrected chi connectivity index (χ4v) is 1.80. The Balaban J connectivity index is 2.07. The van der Waals surface area contributed by atoms with Crippen LogP contribution in [-0.4, -0.2) is 18.1 Å². The zero-order chi connectivity index (χ0) is 13.7. The van der Waals surface area contributed by atoms with E-state index in [1.165, 1.54) is 7.11 Å². The number of ether oxygens (including phenoxy) is 1. The summed E-state index contributed by atoms with van der Waals surface area (Å²) < 4.78 is 4.69. The Morgan fingerprint density at radius 1 is 1.26 bits per heavy atom. The Hall–Kier alpha value is -2.36. The van der Waals surface area contributed by atoms with Crippen molar-refractivity contribution in [3.63, 3.8) is 0 Å². The first-order chi connectivity index (χ1) is 9.20. The Bertz CT molecular complexity index is 568. The van der Waals surface area contributed by atoms with Gasteiger partial charge in [-0.1, -0.05) is 0 Å². The van der Waals surface area contributed by atoms with Crippen LogP contribution in [0.2, 0.25) is 0 Å². The lowest BCUT2D eigenvalue weighted by Gasteiger charge is -2.10. The van der Waals surface area contributed by atoms with Crippen molar-refractivity contribution < 1.29 is 9.53 Å². The number of aromatic nitrogens is 1. The molecule has 0 amide bonds. The molecule has 19 heavy (non-hydrogen) atoms. The van der Waals surface area contributed by atoms with Crippen LogP contribution in [-0.2, 0) is 11.3 Å². The highest BCUT2D eigenvalue weighted by atomic mass is 16.5. The smallest absolute Gasteiger partial charge is 0.337 e. The van der Waals surface area contributed by atoms with Crippen molar-refractivity contribution in [1.29, 1.82) is 0 Å². The molecule has 2 rings (SSSR count). The summed E-state index contributed by atoms with van der Waals surface area (Å²) in [5.41, 5.74) is 3.74. The number of rotatable bonds is 4. The number of nitrogens with zero attached hydrogens (tertiary/aromatic N) is 1. The van der Waals surface area contributed by atoms with Gasteiger partial charge in [0.05, 0.1) is 12.7 Å².